The number of aliphatic hydroxyl groups is 1. The number of ether oxygens (including phenoxy) is 1. The molecule has 1 heterocycles. The molecule has 6 heteroatoms. The van der Waals surface area contributed by atoms with Gasteiger partial charge in [-0.1, -0.05) is 0 Å². The topological polar surface area (TPSA) is 72.5 Å². The summed E-state index contributed by atoms with van der Waals surface area (Å²) in [4.78, 5) is 11.9. The number of esters is 1. The number of nitrogens with two attached hydrogens (primary N) is 1. The molecule has 0 amide bonds. The molecule has 0 aromatic carbocycles. The Bertz CT molecular complexity index is 342. The maximum Gasteiger partial charge on any atom is 0.326 e. The molecule has 0 fully saturated rings. The van der Waals surface area contributed by atoms with Gasteiger partial charge in [-0.2, -0.15) is 0 Å². The van der Waals surface area contributed by atoms with Crippen molar-refractivity contribution < 1.29 is 14.6 Å². The van der Waals surface area contributed by atoms with Gasteiger partial charge in [-0.3, -0.25) is 4.79 Å². The highest BCUT2D eigenvalue weighted by Crippen LogP contribution is 2.27. The highest BCUT2D eigenvalue weighted by Gasteiger charge is 2.26. The van der Waals surface area contributed by atoms with E-state index in [9.17, 15) is 9.90 Å². The first-order valence-electron chi connectivity index (χ1n) is 4.40. The Morgan fingerprint density at radius 1 is 1.80 bits per heavy atom. The van der Waals surface area contributed by atoms with Crippen LogP contribution in [0.1, 0.15) is 17.9 Å². The number of halogens is 1. The summed E-state index contributed by atoms with van der Waals surface area (Å²) in [5, 5.41) is 11.6. The molecule has 1 aromatic heterocycles. The molecule has 2 unspecified atom stereocenters. The van der Waals surface area contributed by atoms with Gasteiger partial charge in [0.05, 0.1) is 6.61 Å². The summed E-state index contributed by atoms with van der Waals surface area (Å²) in [5.41, 5.74) is 5.55. The van der Waals surface area contributed by atoms with E-state index in [0.717, 1.165) is 4.47 Å². The van der Waals surface area contributed by atoms with Crippen LogP contribution in [0, 0.1) is 0 Å². The number of thiophene rings is 1. The fourth-order valence-corrected chi connectivity index (χ4v) is 2.50. The molecule has 0 aliphatic heterocycles. The van der Waals surface area contributed by atoms with Crippen LogP contribution in [0.25, 0.3) is 0 Å². The first-order chi connectivity index (χ1) is 7.06. The van der Waals surface area contributed by atoms with E-state index in [0.29, 0.717) is 4.88 Å². The van der Waals surface area contributed by atoms with Gasteiger partial charge in [-0.15, -0.1) is 11.3 Å². The summed E-state index contributed by atoms with van der Waals surface area (Å²) in [7, 11) is 0. The molecule has 0 aliphatic rings. The minimum Gasteiger partial charge on any atom is -0.465 e. The molecule has 84 valence electrons. The first kappa shape index (κ1) is 12.6. The standard InChI is InChI=1S/C9H12BrNO3S/c1-2-14-9(13)7(11)8(12)6-3-5(10)4-15-6/h3-4,7-8,12H,2,11H2,1H3. The molecule has 0 saturated heterocycles. The zero-order chi connectivity index (χ0) is 11.4. The summed E-state index contributed by atoms with van der Waals surface area (Å²) in [6, 6.07) is 0.699. The van der Waals surface area contributed by atoms with Gasteiger partial charge < -0.3 is 15.6 Å². The van der Waals surface area contributed by atoms with E-state index in [2.05, 4.69) is 15.9 Å². The van der Waals surface area contributed by atoms with Crippen molar-refractivity contribution in [3.63, 3.8) is 0 Å². The van der Waals surface area contributed by atoms with E-state index >= 15 is 0 Å². The van der Waals surface area contributed by atoms with E-state index < -0.39 is 18.1 Å². The van der Waals surface area contributed by atoms with Gasteiger partial charge in [0.1, 0.15) is 12.1 Å². The Kier molecular flexibility index (Phi) is 4.72. The Balaban J connectivity index is 2.67. The summed E-state index contributed by atoms with van der Waals surface area (Å²) >= 11 is 4.60. The minimum atomic E-state index is -1.03. The lowest BCUT2D eigenvalue weighted by Crippen LogP contribution is -2.37. The lowest BCUT2D eigenvalue weighted by Gasteiger charge is -2.15. The van der Waals surface area contributed by atoms with Gasteiger partial charge in [0, 0.05) is 14.7 Å². The smallest absolute Gasteiger partial charge is 0.326 e. The molecule has 0 bridgehead atoms. The normalized spacial score (nSPS) is 14.7. The average Bonchev–Trinajstić information content (AvgIpc) is 2.63. The summed E-state index contributed by atoms with van der Waals surface area (Å²) in [6.07, 6.45) is -1.01. The third-order valence-electron chi connectivity index (χ3n) is 1.78. The molecule has 1 aromatic rings. The van der Waals surface area contributed by atoms with Crippen LogP contribution in [0.3, 0.4) is 0 Å². The van der Waals surface area contributed by atoms with Gasteiger partial charge in [0.2, 0.25) is 0 Å². The van der Waals surface area contributed by atoms with Crippen molar-refractivity contribution in [2.75, 3.05) is 6.61 Å². The fourth-order valence-electron chi connectivity index (χ4n) is 1.03. The van der Waals surface area contributed by atoms with Crippen molar-refractivity contribution in [1.82, 2.24) is 0 Å². The molecular formula is C9H12BrNO3S. The second-order valence-electron chi connectivity index (χ2n) is 2.89. The van der Waals surface area contributed by atoms with Crippen LogP contribution in [0.4, 0.5) is 0 Å². The summed E-state index contributed by atoms with van der Waals surface area (Å²) < 4.78 is 5.58. The molecule has 0 saturated carbocycles. The lowest BCUT2D eigenvalue weighted by atomic mass is 10.1. The fraction of sp³-hybridized carbons (Fsp3) is 0.444. The van der Waals surface area contributed by atoms with E-state index in [-0.39, 0.29) is 6.61 Å². The van der Waals surface area contributed by atoms with Crippen LogP contribution in [-0.2, 0) is 9.53 Å². The molecule has 2 atom stereocenters. The van der Waals surface area contributed by atoms with Crippen LogP contribution in [0.2, 0.25) is 0 Å². The van der Waals surface area contributed by atoms with Gasteiger partial charge >= 0.3 is 5.97 Å². The Morgan fingerprint density at radius 2 is 2.47 bits per heavy atom. The zero-order valence-electron chi connectivity index (χ0n) is 8.14. The lowest BCUT2D eigenvalue weighted by molar-refractivity contribution is -0.147. The van der Waals surface area contributed by atoms with Gasteiger partial charge in [0.25, 0.3) is 0 Å². The third-order valence-corrected chi connectivity index (χ3v) is 3.54. The highest BCUT2D eigenvalue weighted by atomic mass is 79.9. The number of rotatable bonds is 4. The molecular weight excluding hydrogens is 282 g/mol. The van der Waals surface area contributed by atoms with Crippen molar-refractivity contribution in [2.45, 2.75) is 19.1 Å². The van der Waals surface area contributed by atoms with E-state index in [1.54, 1.807) is 13.0 Å². The Hall–Kier alpha value is -0.430. The average molecular weight is 294 g/mol. The molecule has 4 nitrogen and oxygen atoms in total. The van der Waals surface area contributed by atoms with Gasteiger partial charge in [-0.05, 0) is 28.9 Å². The zero-order valence-corrected chi connectivity index (χ0v) is 10.5. The van der Waals surface area contributed by atoms with Crippen LogP contribution in [0.15, 0.2) is 15.9 Å². The number of carbonyl (C=O) groups is 1. The Morgan fingerprint density at radius 3 is 2.93 bits per heavy atom. The summed E-state index contributed by atoms with van der Waals surface area (Å²) in [6.45, 7) is 1.95. The van der Waals surface area contributed by atoms with Crippen molar-refractivity contribution >= 4 is 33.2 Å². The predicted octanol–water partition coefficient (Wildman–Crippen LogP) is 1.43. The van der Waals surface area contributed by atoms with Crippen LogP contribution >= 0.6 is 27.3 Å². The van der Waals surface area contributed by atoms with Crippen molar-refractivity contribution in [2.24, 2.45) is 5.73 Å². The first-order valence-corrected chi connectivity index (χ1v) is 6.07. The van der Waals surface area contributed by atoms with Crippen LogP contribution in [0.5, 0.6) is 0 Å². The largest absolute Gasteiger partial charge is 0.465 e. The minimum absolute atomic E-state index is 0.257. The number of hydrogen-bond donors (Lipinski definition) is 2. The number of aliphatic hydroxyl groups excluding tert-OH is 1. The van der Waals surface area contributed by atoms with Gasteiger partial charge in [-0.25, -0.2) is 0 Å². The van der Waals surface area contributed by atoms with E-state index in [1.807, 2.05) is 5.38 Å². The van der Waals surface area contributed by atoms with Crippen molar-refractivity contribution in [3.05, 3.63) is 20.8 Å². The predicted molar refractivity (Wildman–Crippen MR) is 61.6 cm³/mol. The van der Waals surface area contributed by atoms with Crippen molar-refractivity contribution in [1.29, 1.82) is 0 Å². The van der Waals surface area contributed by atoms with E-state index in [1.165, 1.54) is 11.3 Å². The maximum absolute atomic E-state index is 11.3. The highest BCUT2D eigenvalue weighted by molar-refractivity contribution is 9.10. The second kappa shape index (κ2) is 5.60. The van der Waals surface area contributed by atoms with Gasteiger partial charge in [0.15, 0.2) is 0 Å². The maximum atomic E-state index is 11.3. The number of carbonyl (C=O) groups excluding carboxylic acids is 1. The molecule has 0 radical (unpaired) electrons. The molecule has 3 N–H and O–H groups in total. The number of hydrogen-bond acceptors (Lipinski definition) is 5. The van der Waals surface area contributed by atoms with Crippen LogP contribution < -0.4 is 5.73 Å². The molecule has 15 heavy (non-hydrogen) atoms. The second-order valence-corrected chi connectivity index (χ2v) is 4.75. The quantitative estimate of drug-likeness (QED) is 0.824. The molecule has 0 spiro atoms. The molecule has 0 aliphatic carbocycles. The van der Waals surface area contributed by atoms with E-state index in [4.69, 9.17) is 10.5 Å². The summed E-state index contributed by atoms with van der Waals surface area (Å²) in [5.74, 6) is -0.588. The third kappa shape index (κ3) is 3.27. The van der Waals surface area contributed by atoms with Crippen molar-refractivity contribution in [3.8, 4) is 0 Å². The Labute approximate surface area is 100 Å². The van der Waals surface area contributed by atoms with Crippen LogP contribution in [-0.4, -0.2) is 23.7 Å². The SMILES string of the molecule is CCOC(=O)C(N)C(O)c1cc(Br)cs1. The monoisotopic (exact) mass is 293 g/mol. The molecule has 1 rings (SSSR count).